The van der Waals surface area contributed by atoms with Gasteiger partial charge < -0.3 is 10.6 Å². The number of nitrogens with one attached hydrogen (secondary N) is 2. The first kappa shape index (κ1) is 23.2. The van der Waals surface area contributed by atoms with Gasteiger partial charge in [-0.05, 0) is 54.7 Å². The Balaban J connectivity index is 1.58. The molecule has 4 nitrogen and oxygen atoms in total. The standard InChI is InChI=1S/C29H24BrFN2O2/c1-17-26(29(35)33-23-13-6-5-12-22(23)31)27(19-10-7-11-21(30)14-19)28-24(32-17)15-20(16-25(28)34)18-8-3-2-4-9-18/h2-14,20,27,32H,15-16H2,1H3,(H,33,35). The summed E-state index contributed by atoms with van der Waals surface area (Å²) in [4.78, 5) is 27.2. The maximum absolute atomic E-state index is 14.3. The first-order chi connectivity index (χ1) is 16.9. The van der Waals surface area contributed by atoms with Crippen LogP contribution in [0.25, 0.3) is 0 Å². The van der Waals surface area contributed by atoms with Crippen molar-refractivity contribution in [2.75, 3.05) is 5.32 Å². The zero-order valence-corrected chi connectivity index (χ0v) is 20.7. The highest BCUT2D eigenvalue weighted by Gasteiger charge is 2.41. The van der Waals surface area contributed by atoms with Gasteiger partial charge in [-0.25, -0.2) is 4.39 Å². The van der Waals surface area contributed by atoms with Crippen LogP contribution in [0.2, 0.25) is 0 Å². The molecule has 0 saturated carbocycles. The van der Waals surface area contributed by atoms with E-state index in [1.807, 2.05) is 61.5 Å². The minimum Gasteiger partial charge on any atom is -0.362 e. The SMILES string of the molecule is CC1=C(C(=O)Nc2ccccc2F)C(c2cccc(Br)c2)C2=C(CC(c3ccccc3)CC2=O)N1. The van der Waals surface area contributed by atoms with E-state index in [0.717, 1.165) is 21.3 Å². The Morgan fingerprint density at radius 1 is 0.971 bits per heavy atom. The summed E-state index contributed by atoms with van der Waals surface area (Å²) in [7, 11) is 0. The number of Topliss-reactive ketones (excluding diaryl/α,β-unsaturated/α-hetero) is 1. The molecular formula is C29H24BrFN2O2. The maximum atomic E-state index is 14.3. The lowest BCUT2D eigenvalue weighted by molar-refractivity contribution is -0.116. The number of dihydropyridines is 1. The Bertz CT molecular complexity index is 1380. The molecule has 3 aromatic carbocycles. The second-order valence-electron chi connectivity index (χ2n) is 8.92. The van der Waals surface area contributed by atoms with Gasteiger partial charge in [0.05, 0.1) is 5.69 Å². The first-order valence-corrected chi connectivity index (χ1v) is 12.3. The van der Waals surface area contributed by atoms with E-state index >= 15 is 0 Å². The van der Waals surface area contributed by atoms with Gasteiger partial charge in [0.2, 0.25) is 0 Å². The summed E-state index contributed by atoms with van der Waals surface area (Å²) in [6.07, 6.45) is 1.05. The summed E-state index contributed by atoms with van der Waals surface area (Å²) in [5, 5.41) is 6.08. The van der Waals surface area contributed by atoms with Crippen LogP contribution in [0.5, 0.6) is 0 Å². The molecule has 0 radical (unpaired) electrons. The van der Waals surface area contributed by atoms with Crippen molar-refractivity contribution in [1.29, 1.82) is 0 Å². The normalized spacial score (nSPS) is 19.8. The average molecular weight is 531 g/mol. The highest BCUT2D eigenvalue weighted by molar-refractivity contribution is 9.10. The molecule has 2 unspecified atom stereocenters. The molecule has 1 heterocycles. The van der Waals surface area contributed by atoms with E-state index in [4.69, 9.17) is 0 Å². The maximum Gasteiger partial charge on any atom is 0.254 e. The number of para-hydroxylation sites is 1. The van der Waals surface area contributed by atoms with E-state index < -0.39 is 17.6 Å². The topological polar surface area (TPSA) is 58.2 Å². The Morgan fingerprint density at radius 2 is 1.69 bits per heavy atom. The molecule has 0 bridgehead atoms. The molecule has 1 aliphatic carbocycles. The van der Waals surface area contributed by atoms with E-state index in [9.17, 15) is 14.0 Å². The van der Waals surface area contributed by atoms with Crippen molar-refractivity contribution in [3.8, 4) is 0 Å². The predicted octanol–water partition coefficient (Wildman–Crippen LogP) is 6.59. The van der Waals surface area contributed by atoms with Crippen LogP contribution >= 0.6 is 15.9 Å². The van der Waals surface area contributed by atoms with E-state index in [1.54, 1.807) is 12.1 Å². The molecule has 0 fully saturated rings. The third kappa shape index (κ3) is 4.58. The molecule has 0 spiro atoms. The molecule has 0 saturated heterocycles. The number of anilines is 1. The Hall–Kier alpha value is -3.51. The summed E-state index contributed by atoms with van der Waals surface area (Å²) >= 11 is 3.52. The number of hydrogen-bond donors (Lipinski definition) is 2. The highest BCUT2D eigenvalue weighted by Crippen LogP contribution is 2.46. The molecule has 35 heavy (non-hydrogen) atoms. The van der Waals surface area contributed by atoms with Gasteiger partial charge in [0, 0.05) is 39.4 Å². The van der Waals surface area contributed by atoms with Crippen LogP contribution in [0.15, 0.2) is 106 Å². The molecule has 2 aliphatic rings. The Labute approximate surface area is 212 Å². The number of carbonyl (C=O) groups excluding carboxylic acids is 2. The summed E-state index contributed by atoms with van der Waals surface area (Å²) in [5.74, 6) is -1.42. The van der Waals surface area contributed by atoms with Crippen molar-refractivity contribution in [1.82, 2.24) is 5.32 Å². The predicted molar refractivity (Wildman–Crippen MR) is 138 cm³/mol. The summed E-state index contributed by atoms with van der Waals surface area (Å²) in [6, 6.07) is 23.8. The monoisotopic (exact) mass is 530 g/mol. The van der Waals surface area contributed by atoms with Crippen LogP contribution < -0.4 is 10.6 Å². The number of hydrogen-bond acceptors (Lipinski definition) is 3. The van der Waals surface area contributed by atoms with E-state index in [-0.39, 0.29) is 17.4 Å². The molecule has 0 aromatic heterocycles. The fraction of sp³-hybridized carbons (Fsp3) is 0.172. The zero-order valence-electron chi connectivity index (χ0n) is 19.1. The fourth-order valence-electron chi connectivity index (χ4n) is 5.07. The van der Waals surface area contributed by atoms with E-state index in [1.165, 1.54) is 12.1 Å². The van der Waals surface area contributed by atoms with Gasteiger partial charge in [-0.15, -0.1) is 0 Å². The van der Waals surface area contributed by atoms with Crippen molar-refractivity contribution in [3.63, 3.8) is 0 Å². The van der Waals surface area contributed by atoms with Crippen LogP contribution in [-0.4, -0.2) is 11.7 Å². The first-order valence-electron chi connectivity index (χ1n) is 11.5. The summed E-state index contributed by atoms with van der Waals surface area (Å²) < 4.78 is 15.2. The Morgan fingerprint density at radius 3 is 2.43 bits per heavy atom. The van der Waals surface area contributed by atoms with Gasteiger partial charge in [0.25, 0.3) is 5.91 Å². The third-order valence-corrected chi connectivity index (χ3v) is 7.14. The van der Waals surface area contributed by atoms with E-state index in [2.05, 4.69) is 26.6 Å². The van der Waals surface area contributed by atoms with E-state index in [0.29, 0.717) is 29.7 Å². The average Bonchev–Trinajstić information content (AvgIpc) is 2.85. The van der Waals surface area contributed by atoms with Crippen LogP contribution in [-0.2, 0) is 9.59 Å². The number of halogens is 2. The quantitative estimate of drug-likeness (QED) is 0.400. The minimum atomic E-state index is -0.556. The molecule has 5 rings (SSSR count). The third-order valence-electron chi connectivity index (χ3n) is 6.65. The van der Waals surface area contributed by atoms with Crippen molar-refractivity contribution in [3.05, 3.63) is 123 Å². The van der Waals surface area contributed by atoms with Gasteiger partial charge in [0.1, 0.15) is 5.82 Å². The largest absolute Gasteiger partial charge is 0.362 e. The summed E-state index contributed by atoms with van der Waals surface area (Å²) in [5.41, 5.74) is 4.58. The van der Waals surface area contributed by atoms with Gasteiger partial charge in [-0.2, -0.15) is 0 Å². The van der Waals surface area contributed by atoms with Gasteiger partial charge >= 0.3 is 0 Å². The molecular weight excluding hydrogens is 507 g/mol. The van der Waals surface area contributed by atoms with Gasteiger partial charge in [-0.3, -0.25) is 9.59 Å². The highest BCUT2D eigenvalue weighted by atomic mass is 79.9. The number of allylic oxidation sites excluding steroid dienone is 3. The molecule has 3 aromatic rings. The molecule has 1 aliphatic heterocycles. The van der Waals surface area contributed by atoms with Crippen molar-refractivity contribution < 1.29 is 14.0 Å². The van der Waals surface area contributed by atoms with Crippen LogP contribution in [0.1, 0.15) is 42.7 Å². The minimum absolute atomic E-state index is 0.0151. The molecule has 1 amide bonds. The lowest BCUT2D eigenvalue weighted by atomic mass is 9.71. The van der Waals surface area contributed by atoms with Gasteiger partial charge in [0.15, 0.2) is 5.78 Å². The van der Waals surface area contributed by atoms with Crippen molar-refractivity contribution >= 4 is 33.3 Å². The van der Waals surface area contributed by atoms with Crippen LogP contribution in [0.3, 0.4) is 0 Å². The molecule has 176 valence electrons. The van der Waals surface area contributed by atoms with Crippen molar-refractivity contribution in [2.24, 2.45) is 0 Å². The number of amides is 1. The molecule has 2 N–H and O–H groups in total. The second kappa shape index (κ2) is 9.62. The van der Waals surface area contributed by atoms with Crippen LogP contribution in [0, 0.1) is 5.82 Å². The smallest absolute Gasteiger partial charge is 0.254 e. The lowest BCUT2D eigenvalue weighted by Gasteiger charge is -2.37. The Kier molecular flexibility index (Phi) is 6.39. The fourth-order valence-corrected chi connectivity index (χ4v) is 5.49. The second-order valence-corrected chi connectivity index (χ2v) is 9.83. The lowest BCUT2D eigenvalue weighted by Crippen LogP contribution is -2.37. The number of carbonyl (C=O) groups is 2. The van der Waals surface area contributed by atoms with Crippen molar-refractivity contribution in [2.45, 2.75) is 31.6 Å². The number of rotatable bonds is 4. The zero-order chi connectivity index (χ0) is 24.5. The van der Waals surface area contributed by atoms with Crippen LogP contribution in [0.4, 0.5) is 10.1 Å². The molecule has 2 atom stereocenters. The number of benzene rings is 3. The number of ketones is 1. The van der Waals surface area contributed by atoms with Gasteiger partial charge in [-0.1, -0.05) is 70.5 Å². The molecule has 6 heteroatoms. The summed E-state index contributed by atoms with van der Waals surface area (Å²) in [6.45, 7) is 1.83.